The number of aliphatic hydroxyl groups excluding tert-OH is 1. The Hall–Kier alpha value is -0.810. The summed E-state index contributed by atoms with van der Waals surface area (Å²) in [5, 5.41) is 9.40. The Kier molecular flexibility index (Phi) is 5.02. The topological polar surface area (TPSA) is 55.1 Å². The van der Waals surface area contributed by atoms with Crippen LogP contribution in [-0.4, -0.2) is 26.5 Å². The molecule has 0 fully saturated rings. The minimum atomic E-state index is -0.0681. The number of nitrogens with zero attached hydrogens (tertiary/aromatic N) is 2. The number of rotatable bonds is 5. The van der Waals surface area contributed by atoms with E-state index in [1.165, 1.54) is 11.8 Å². The van der Waals surface area contributed by atoms with Crippen molar-refractivity contribution in [3.05, 3.63) is 22.7 Å². The predicted octanol–water partition coefficient (Wildman–Crippen LogP) is 1.37. The van der Waals surface area contributed by atoms with Gasteiger partial charge in [0, 0.05) is 24.2 Å². The van der Waals surface area contributed by atoms with E-state index in [-0.39, 0.29) is 17.4 Å². The van der Waals surface area contributed by atoms with Crippen molar-refractivity contribution in [2.75, 3.05) is 6.61 Å². The van der Waals surface area contributed by atoms with Crippen LogP contribution in [0.4, 0.5) is 0 Å². The van der Waals surface area contributed by atoms with E-state index < -0.39 is 0 Å². The average molecular weight is 242 g/mol. The highest BCUT2D eigenvalue weighted by Gasteiger charge is 2.10. The maximum atomic E-state index is 12.0. The largest absolute Gasteiger partial charge is 0.395 e. The summed E-state index contributed by atoms with van der Waals surface area (Å²) in [5.74, 6) is 0.424. The molecular weight excluding hydrogens is 224 g/mol. The van der Waals surface area contributed by atoms with Gasteiger partial charge in [0.25, 0.3) is 5.56 Å². The molecule has 0 aliphatic rings. The van der Waals surface area contributed by atoms with Gasteiger partial charge in [-0.15, -0.1) is 0 Å². The van der Waals surface area contributed by atoms with Crippen molar-refractivity contribution in [1.82, 2.24) is 9.55 Å². The van der Waals surface area contributed by atoms with Crippen molar-refractivity contribution in [2.45, 2.75) is 37.6 Å². The van der Waals surface area contributed by atoms with Crippen molar-refractivity contribution >= 4 is 11.8 Å². The molecule has 1 aromatic rings. The molecule has 0 bridgehead atoms. The lowest BCUT2D eigenvalue weighted by Crippen LogP contribution is -2.25. The summed E-state index contributed by atoms with van der Waals surface area (Å²) in [6.45, 7) is 6.74. The molecule has 16 heavy (non-hydrogen) atoms. The number of aliphatic hydroxyl groups is 1. The van der Waals surface area contributed by atoms with Gasteiger partial charge in [-0.2, -0.15) is 0 Å². The van der Waals surface area contributed by atoms with E-state index in [1.807, 2.05) is 6.92 Å². The van der Waals surface area contributed by atoms with Crippen molar-refractivity contribution in [3.63, 3.8) is 0 Å². The lowest BCUT2D eigenvalue weighted by Gasteiger charge is -2.10. The second-order valence-corrected chi connectivity index (χ2v) is 5.62. The second kappa shape index (κ2) is 6.06. The van der Waals surface area contributed by atoms with Crippen LogP contribution in [0.3, 0.4) is 0 Å². The third kappa shape index (κ3) is 3.64. The molecule has 90 valence electrons. The molecule has 0 saturated heterocycles. The van der Waals surface area contributed by atoms with E-state index in [2.05, 4.69) is 18.8 Å². The molecule has 0 aliphatic carbocycles. The van der Waals surface area contributed by atoms with Gasteiger partial charge >= 0.3 is 0 Å². The molecule has 0 spiro atoms. The molecule has 1 aromatic heterocycles. The van der Waals surface area contributed by atoms with Crippen molar-refractivity contribution in [3.8, 4) is 0 Å². The Balaban J connectivity index is 2.91. The first-order chi connectivity index (χ1) is 7.54. The number of hydrogen-bond donors (Lipinski definition) is 1. The van der Waals surface area contributed by atoms with Crippen molar-refractivity contribution in [1.29, 1.82) is 0 Å². The molecule has 1 atom stereocenters. The molecule has 0 saturated carbocycles. The summed E-state index contributed by atoms with van der Waals surface area (Å²) in [6.07, 6.45) is 3.34. The molecule has 0 amide bonds. The van der Waals surface area contributed by atoms with E-state index >= 15 is 0 Å². The Morgan fingerprint density at radius 1 is 1.50 bits per heavy atom. The zero-order chi connectivity index (χ0) is 12.1. The molecule has 4 nitrogen and oxygen atoms in total. The van der Waals surface area contributed by atoms with E-state index in [4.69, 9.17) is 5.11 Å². The molecular formula is C11H18N2O2S. The maximum absolute atomic E-state index is 12.0. The Bertz CT molecular complexity index is 390. The quantitative estimate of drug-likeness (QED) is 0.792. The highest BCUT2D eigenvalue weighted by atomic mass is 32.2. The molecule has 1 N–H and O–H groups in total. The predicted molar refractivity (Wildman–Crippen MR) is 65.7 cm³/mol. The van der Waals surface area contributed by atoms with Gasteiger partial charge in [-0.3, -0.25) is 4.79 Å². The lowest BCUT2D eigenvalue weighted by molar-refractivity contribution is 0.300. The van der Waals surface area contributed by atoms with Crippen LogP contribution in [0.2, 0.25) is 0 Å². The normalized spacial score (nSPS) is 13.1. The van der Waals surface area contributed by atoms with E-state index in [1.54, 1.807) is 17.0 Å². The molecule has 1 unspecified atom stereocenters. The van der Waals surface area contributed by atoms with Gasteiger partial charge < -0.3 is 9.67 Å². The van der Waals surface area contributed by atoms with Crippen LogP contribution in [0.15, 0.2) is 22.2 Å². The number of hydrogen-bond acceptors (Lipinski definition) is 4. The van der Waals surface area contributed by atoms with Crippen LogP contribution in [0.25, 0.3) is 0 Å². The Morgan fingerprint density at radius 3 is 2.75 bits per heavy atom. The number of thioether (sulfide) groups is 1. The Labute approximate surface area is 99.7 Å². The lowest BCUT2D eigenvalue weighted by atomic mass is 10.2. The first-order valence-electron chi connectivity index (χ1n) is 5.37. The van der Waals surface area contributed by atoms with Gasteiger partial charge in [0.2, 0.25) is 0 Å². The average Bonchev–Trinajstić information content (AvgIpc) is 2.23. The van der Waals surface area contributed by atoms with E-state index in [0.29, 0.717) is 17.5 Å². The molecule has 0 aromatic carbocycles. The third-order valence-electron chi connectivity index (χ3n) is 2.01. The highest BCUT2D eigenvalue weighted by Crippen LogP contribution is 2.16. The first-order valence-corrected chi connectivity index (χ1v) is 6.25. The van der Waals surface area contributed by atoms with Crippen LogP contribution in [0.1, 0.15) is 20.8 Å². The monoisotopic (exact) mass is 242 g/mol. The maximum Gasteiger partial charge on any atom is 0.283 e. The van der Waals surface area contributed by atoms with Gasteiger partial charge in [-0.25, -0.2) is 4.98 Å². The summed E-state index contributed by atoms with van der Waals surface area (Å²) >= 11 is 1.32. The minimum absolute atomic E-state index is 0.00454. The van der Waals surface area contributed by atoms with Gasteiger partial charge in [-0.05, 0) is 5.92 Å². The smallest absolute Gasteiger partial charge is 0.283 e. The van der Waals surface area contributed by atoms with Crippen LogP contribution in [-0.2, 0) is 6.54 Å². The van der Waals surface area contributed by atoms with Gasteiger partial charge in [0.1, 0.15) is 0 Å². The molecule has 5 heteroatoms. The van der Waals surface area contributed by atoms with E-state index in [0.717, 1.165) is 0 Å². The summed E-state index contributed by atoms with van der Waals surface area (Å²) in [5.41, 5.74) is -0.0681. The summed E-state index contributed by atoms with van der Waals surface area (Å²) in [4.78, 5) is 16.0. The van der Waals surface area contributed by atoms with Gasteiger partial charge in [-0.1, -0.05) is 32.5 Å². The standard InChI is InChI=1S/C11H18N2O2S/c1-8(2)6-13-5-4-12-10(11(13)15)16-9(3)7-14/h4-5,8-9,14H,6-7H2,1-3H3. The fourth-order valence-electron chi connectivity index (χ4n) is 1.27. The van der Waals surface area contributed by atoms with Crippen molar-refractivity contribution < 1.29 is 5.11 Å². The van der Waals surface area contributed by atoms with Crippen molar-refractivity contribution in [2.24, 2.45) is 5.92 Å². The zero-order valence-electron chi connectivity index (χ0n) is 9.88. The molecule has 0 radical (unpaired) electrons. The molecule has 1 rings (SSSR count). The van der Waals surface area contributed by atoms with Crippen LogP contribution in [0.5, 0.6) is 0 Å². The van der Waals surface area contributed by atoms with Crippen LogP contribution in [0, 0.1) is 5.92 Å². The highest BCUT2D eigenvalue weighted by molar-refractivity contribution is 7.99. The zero-order valence-corrected chi connectivity index (χ0v) is 10.7. The second-order valence-electron chi connectivity index (χ2n) is 4.19. The van der Waals surface area contributed by atoms with Gasteiger partial charge in [0.15, 0.2) is 5.03 Å². The summed E-state index contributed by atoms with van der Waals surface area (Å²) < 4.78 is 1.67. The summed E-state index contributed by atoms with van der Waals surface area (Å²) in [7, 11) is 0. The minimum Gasteiger partial charge on any atom is -0.395 e. The fourth-order valence-corrected chi connectivity index (χ4v) is 2.07. The van der Waals surface area contributed by atoms with Crippen LogP contribution < -0.4 is 5.56 Å². The van der Waals surface area contributed by atoms with E-state index in [9.17, 15) is 4.79 Å². The fraction of sp³-hybridized carbons (Fsp3) is 0.636. The van der Waals surface area contributed by atoms with Gasteiger partial charge in [0.05, 0.1) is 6.61 Å². The summed E-state index contributed by atoms with van der Waals surface area (Å²) in [6, 6.07) is 0. The number of aromatic nitrogens is 2. The van der Waals surface area contributed by atoms with Crippen LogP contribution >= 0.6 is 11.8 Å². The molecule has 1 heterocycles. The first kappa shape index (κ1) is 13.3. The third-order valence-corrected chi connectivity index (χ3v) is 3.07. The Morgan fingerprint density at radius 2 is 2.19 bits per heavy atom. The molecule has 0 aliphatic heterocycles. The SMILES string of the molecule is CC(C)Cn1ccnc(SC(C)CO)c1=O.